The van der Waals surface area contributed by atoms with E-state index in [1.54, 1.807) is 21.6 Å². The van der Waals surface area contributed by atoms with Crippen LogP contribution in [0.3, 0.4) is 0 Å². The lowest BCUT2D eigenvalue weighted by molar-refractivity contribution is 0.368. The van der Waals surface area contributed by atoms with Crippen LogP contribution in [-0.4, -0.2) is 0 Å². The molecule has 0 N–H and O–H groups in total. The van der Waals surface area contributed by atoms with Crippen molar-refractivity contribution in [2.75, 3.05) is 0 Å². The molecule has 2 aliphatic rings. The number of thiophene rings is 1. The molecular formula is C16H16S. The van der Waals surface area contributed by atoms with Crippen molar-refractivity contribution in [1.82, 2.24) is 0 Å². The van der Waals surface area contributed by atoms with Gasteiger partial charge in [0.25, 0.3) is 0 Å². The molecule has 1 heteroatoms. The number of aryl methyl sites for hydroxylation is 2. The van der Waals surface area contributed by atoms with E-state index in [-0.39, 0.29) is 0 Å². The van der Waals surface area contributed by atoms with Gasteiger partial charge in [-0.3, -0.25) is 0 Å². The summed E-state index contributed by atoms with van der Waals surface area (Å²) in [5.41, 5.74) is 4.83. The average Bonchev–Trinajstić information content (AvgIpc) is 2.86. The molecule has 0 fully saturated rings. The lowest BCUT2D eigenvalue weighted by Crippen LogP contribution is -2.25. The van der Waals surface area contributed by atoms with Crippen LogP contribution in [-0.2, 0) is 12.8 Å². The van der Waals surface area contributed by atoms with E-state index in [1.165, 1.54) is 25.7 Å². The second-order valence-electron chi connectivity index (χ2n) is 5.32. The maximum Gasteiger partial charge on any atom is 0.0217 e. The first-order chi connectivity index (χ1) is 8.43. The summed E-state index contributed by atoms with van der Waals surface area (Å²) >= 11 is 1.97. The minimum atomic E-state index is 0.712. The van der Waals surface area contributed by atoms with Crippen LogP contribution in [0.5, 0.6) is 0 Å². The third-order valence-corrected chi connectivity index (χ3v) is 5.54. The molecule has 0 nitrogen and oxygen atoms in total. The minimum absolute atomic E-state index is 0.712. The molecule has 0 saturated heterocycles. The molecule has 1 aromatic carbocycles. The van der Waals surface area contributed by atoms with Crippen molar-refractivity contribution < 1.29 is 0 Å². The fourth-order valence-electron chi connectivity index (χ4n) is 3.66. The Labute approximate surface area is 106 Å². The molecule has 17 heavy (non-hydrogen) atoms. The predicted octanol–water partition coefficient (Wildman–Crippen LogP) is 4.39. The van der Waals surface area contributed by atoms with Gasteiger partial charge < -0.3 is 0 Å². The van der Waals surface area contributed by atoms with Crippen LogP contribution in [0.2, 0.25) is 0 Å². The second-order valence-corrected chi connectivity index (χ2v) is 6.27. The molecule has 0 aliphatic heterocycles. The summed E-state index contributed by atoms with van der Waals surface area (Å²) in [7, 11) is 0. The van der Waals surface area contributed by atoms with E-state index in [2.05, 4.69) is 35.7 Å². The van der Waals surface area contributed by atoms with Crippen LogP contribution < -0.4 is 0 Å². The largest absolute Gasteiger partial charge is 0.148 e. The topological polar surface area (TPSA) is 0 Å². The van der Waals surface area contributed by atoms with Gasteiger partial charge in [0.15, 0.2) is 0 Å². The van der Waals surface area contributed by atoms with Crippen molar-refractivity contribution in [2.45, 2.75) is 31.6 Å². The fraction of sp³-hybridized carbons (Fsp3) is 0.375. The number of hydrogen-bond acceptors (Lipinski definition) is 1. The molecular weight excluding hydrogens is 224 g/mol. The molecule has 2 aromatic rings. The van der Waals surface area contributed by atoms with E-state index in [9.17, 15) is 0 Å². The quantitative estimate of drug-likeness (QED) is 0.640. The van der Waals surface area contributed by atoms with E-state index in [1.807, 2.05) is 11.3 Å². The smallest absolute Gasteiger partial charge is 0.0217 e. The third-order valence-electron chi connectivity index (χ3n) is 4.49. The van der Waals surface area contributed by atoms with Gasteiger partial charge in [-0.1, -0.05) is 24.3 Å². The summed E-state index contributed by atoms with van der Waals surface area (Å²) in [6.07, 6.45) is 5.38. The van der Waals surface area contributed by atoms with Crippen LogP contribution in [0.15, 0.2) is 35.7 Å². The Bertz CT molecular complexity index is 552. The Morgan fingerprint density at radius 2 is 1.76 bits per heavy atom. The average molecular weight is 240 g/mol. The first-order valence-electron chi connectivity index (χ1n) is 6.57. The van der Waals surface area contributed by atoms with E-state index in [0.29, 0.717) is 5.92 Å². The van der Waals surface area contributed by atoms with Gasteiger partial charge in [-0.05, 0) is 59.7 Å². The van der Waals surface area contributed by atoms with Gasteiger partial charge >= 0.3 is 0 Å². The standard InChI is InChI=1S/C16H16S/c1-2-4-14-11(3-1)5-6-12-7-8-13-9-10-17-16(13)15(12)14/h1-4,9-10,12,15H,5-8H2/t12-,15+/m0/s1. The number of benzene rings is 1. The van der Waals surface area contributed by atoms with Gasteiger partial charge in [0.2, 0.25) is 0 Å². The lowest BCUT2D eigenvalue weighted by atomic mass is 9.69. The fourth-order valence-corrected chi connectivity index (χ4v) is 4.83. The van der Waals surface area contributed by atoms with Gasteiger partial charge in [0, 0.05) is 10.8 Å². The van der Waals surface area contributed by atoms with Gasteiger partial charge in [-0.15, -0.1) is 11.3 Å². The molecule has 1 aromatic heterocycles. The van der Waals surface area contributed by atoms with E-state index in [0.717, 1.165) is 5.92 Å². The highest BCUT2D eigenvalue weighted by molar-refractivity contribution is 7.10. The summed E-state index contributed by atoms with van der Waals surface area (Å²) < 4.78 is 0. The van der Waals surface area contributed by atoms with E-state index in [4.69, 9.17) is 0 Å². The normalized spacial score (nSPS) is 25.9. The zero-order chi connectivity index (χ0) is 11.2. The molecule has 0 radical (unpaired) electrons. The highest BCUT2D eigenvalue weighted by Crippen LogP contribution is 2.48. The van der Waals surface area contributed by atoms with Gasteiger partial charge in [0.1, 0.15) is 0 Å². The second kappa shape index (κ2) is 3.71. The summed E-state index contributed by atoms with van der Waals surface area (Å²) in [6, 6.07) is 11.4. The van der Waals surface area contributed by atoms with Crippen LogP contribution in [0.1, 0.15) is 40.3 Å². The third kappa shape index (κ3) is 1.42. The van der Waals surface area contributed by atoms with Crippen molar-refractivity contribution in [3.05, 3.63) is 57.3 Å². The van der Waals surface area contributed by atoms with Crippen molar-refractivity contribution in [3.63, 3.8) is 0 Å². The number of rotatable bonds is 0. The zero-order valence-electron chi connectivity index (χ0n) is 9.86. The predicted molar refractivity (Wildman–Crippen MR) is 72.7 cm³/mol. The maximum absolute atomic E-state index is 2.36. The SMILES string of the molecule is c1ccc2c(c1)CC[C@H]1CCc3ccsc3[C@@H]21. The molecule has 0 spiro atoms. The van der Waals surface area contributed by atoms with Crippen molar-refractivity contribution >= 4 is 11.3 Å². The Morgan fingerprint density at radius 3 is 2.71 bits per heavy atom. The maximum atomic E-state index is 2.36. The molecule has 2 aliphatic carbocycles. The molecule has 2 atom stereocenters. The summed E-state index contributed by atoms with van der Waals surface area (Å²) in [6.45, 7) is 0. The van der Waals surface area contributed by atoms with Gasteiger partial charge in [-0.25, -0.2) is 0 Å². The zero-order valence-corrected chi connectivity index (χ0v) is 10.7. The van der Waals surface area contributed by atoms with Crippen LogP contribution in [0.25, 0.3) is 0 Å². The monoisotopic (exact) mass is 240 g/mol. The Kier molecular flexibility index (Phi) is 2.16. The summed E-state index contributed by atoms with van der Waals surface area (Å²) in [5, 5.41) is 2.28. The minimum Gasteiger partial charge on any atom is -0.148 e. The molecule has 86 valence electrons. The highest BCUT2D eigenvalue weighted by atomic mass is 32.1. The number of fused-ring (bicyclic) bond motifs is 5. The highest BCUT2D eigenvalue weighted by Gasteiger charge is 2.35. The first-order valence-corrected chi connectivity index (χ1v) is 7.45. The van der Waals surface area contributed by atoms with E-state index < -0.39 is 0 Å². The molecule has 4 rings (SSSR count). The summed E-state index contributed by atoms with van der Waals surface area (Å²) in [5.74, 6) is 1.61. The van der Waals surface area contributed by atoms with Crippen molar-refractivity contribution in [3.8, 4) is 0 Å². The van der Waals surface area contributed by atoms with Crippen molar-refractivity contribution in [2.24, 2.45) is 5.92 Å². The Balaban J connectivity index is 1.91. The number of hydrogen-bond donors (Lipinski definition) is 0. The molecule has 0 bridgehead atoms. The van der Waals surface area contributed by atoms with Crippen molar-refractivity contribution in [1.29, 1.82) is 0 Å². The molecule has 0 saturated carbocycles. The Morgan fingerprint density at radius 1 is 0.941 bits per heavy atom. The van der Waals surface area contributed by atoms with Gasteiger partial charge in [0.05, 0.1) is 0 Å². The molecule has 0 amide bonds. The lowest BCUT2D eigenvalue weighted by Gasteiger charge is -2.37. The van der Waals surface area contributed by atoms with E-state index >= 15 is 0 Å². The molecule has 0 unspecified atom stereocenters. The Hall–Kier alpha value is -1.08. The molecule has 1 heterocycles. The summed E-state index contributed by atoms with van der Waals surface area (Å²) in [4.78, 5) is 1.66. The van der Waals surface area contributed by atoms with Gasteiger partial charge in [-0.2, -0.15) is 0 Å². The van der Waals surface area contributed by atoms with Crippen LogP contribution >= 0.6 is 11.3 Å². The van der Waals surface area contributed by atoms with Crippen LogP contribution in [0.4, 0.5) is 0 Å². The van der Waals surface area contributed by atoms with Crippen LogP contribution in [0, 0.1) is 5.92 Å². The first kappa shape index (κ1) is 9.90.